The van der Waals surface area contributed by atoms with Crippen molar-refractivity contribution in [1.82, 2.24) is 5.43 Å². The van der Waals surface area contributed by atoms with Crippen molar-refractivity contribution < 1.29 is 4.74 Å². The normalized spacial score (nSPS) is 28.2. The number of nitrogens with one attached hydrogen (secondary N) is 1. The highest BCUT2D eigenvalue weighted by molar-refractivity contribution is 5.61. The van der Waals surface area contributed by atoms with Crippen LogP contribution in [0.3, 0.4) is 0 Å². The summed E-state index contributed by atoms with van der Waals surface area (Å²) in [4.78, 5) is 0. The number of hydrogen-bond donors (Lipinski definition) is 1. The van der Waals surface area contributed by atoms with Gasteiger partial charge in [-0.1, -0.05) is 31.2 Å². The maximum absolute atomic E-state index is 5.80. The van der Waals surface area contributed by atoms with Crippen molar-refractivity contribution in [3.63, 3.8) is 0 Å². The van der Waals surface area contributed by atoms with Crippen LogP contribution in [0.2, 0.25) is 0 Å². The lowest BCUT2D eigenvalue weighted by Gasteiger charge is -2.21. The fourth-order valence-electron chi connectivity index (χ4n) is 1.88. The minimum Gasteiger partial charge on any atom is -0.493 e. The van der Waals surface area contributed by atoms with Crippen molar-refractivity contribution in [1.29, 1.82) is 0 Å². The van der Waals surface area contributed by atoms with Crippen molar-refractivity contribution in [2.75, 3.05) is 6.61 Å². The Hall–Kier alpha value is -1.77. The monoisotopic (exact) mass is 244 g/mol. The van der Waals surface area contributed by atoms with Crippen molar-refractivity contribution >= 4 is 6.21 Å². The molecule has 1 N–H and O–H groups in total. The molecule has 0 saturated carbocycles. The van der Waals surface area contributed by atoms with Crippen LogP contribution in [0, 0.1) is 11.8 Å². The molecule has 2 atom stereocenters. The van der Waals surface area contributed by atoms with Gasteiger partial charge in [-0.2, -0.15) is 5.10 Å². The standard InChI is InChI=1S/C15H20N2O/c1-12-8-9-13(2)17-16-10-14(12)11-18-15-6-4-3-5-7-15/h3-7,9-10,12,14,17H,8,11H2,1-2H3/b13-9+,16-10+. The van der Waals surface area contributed by atoms with Crippen molar-refractivity contribution in [2.24, 2.45) is 16.9 Å². The second-order valence-corrected chi connectivity index (χ2v) is 4.78. The highest BCUT2D eigenvalue weighted by atomic mass is 16.5. The smallest absolute Gasteiger partial charge is 0.119 e. The minimum absolute atomic E-state index is 0.335. The van der Waals surface area contributed by atoms with E-state index in [4.69, 9.17) is 4.74 Å². The molecule has 3 nitrogen and oxygen atoms in total. The van der Waals surface area contributed by atoms with Crippen LogP contribution in [0.5, 0.6) is 5.75 Å². The Morgan fingerprint density at radius 2 is 2.11 bits per heavy atom. The number of nitrogens with zero attached hydrogens (tertiary/aromatic N) is 1. The molecule has 18 heavy (non-hydrogen) atoms. The number of rotatable bonds is 3. The lowest BCUT2D eigenvalue weighted by atomic mass is 9.92. The van der Waals surface area contributed by atoms with Gasteiger partial charge in [-0.05, 0) is 31.4 Å². The maximum Gasteiger partial charge on any atom is 0.119 e. The SMILES string of the molecule is C/C1=C\CC(C)C(COc2ccccc2)/C=N/N1. The van der Waals surface area contributed by atoms with Gasteiger partial charge >= 0.3 is 0 Å². The summed E-state index contributed by atoms with van der Waals surface area (Å²) >= 11 is 0. The van der Waals surface area contributed by atoms with Crippen LogP contribution in [0.15, 0.2) is 47.2 Å². The minimum atomic E-state index is 0.335. The van der Waals surface area contributed by atoms with E-state index in [1.54, 1.807) is 0 Å². The van der Waals surface area contributed by atoms with Crippen LogP contribution in [0.1, 0.15) is 20.3 Å². The van der Waals surface area contributed by atoms with E-state index in [0.29, 0.717) is 18.4 Å². The number of allylic oxidation sites excluding steroid dienone is 2. The first-order valence-electron chi connectivity index (χ1n) is 6.39. The van der Waals surface area contributed by atoms with Crippen molar-refractivity contribution in [2.45, 2.75) is 20.3 Å². The molecule has 2 unspecified atom stereocenters. The van der Waals surface area contributed by atoms with Gasteiger partial charge in [0.05, 0.1) is 6.61 Å². The highest BCUT2D eigenvalue weighted by Gasteiger charge is 2.16. The first-order chi connectivity index (χ1) is 8.75. The van der Waals surface area contributed by atoms with Gasteiger partial charge in [0.15, 0.2) is 0 Å². The number of ether oxygens (including phenoxy) is 1. The molecule has 0 fully saturated rings. The number of hydrogen-bond acceptors (Lipinski definition) is 3. The van der Waals surface area contributed by atoms with E-state index in [2.05, 4.69) is 23.5 Å². The average molecular weight is 244 g/mol. The van der Waals surface area contributed by atoms with Crippen LogP contribution in [0.4, 0.5) is 0 Å². The van der Waals surface area contributed by atoms with Gasteiger partial charge in [0.2, 0.25) is 0 Å². The molecule has 0 aromatic heterocycles. The lowest BCUT2D eigenvalue weighted by Crippen LogP contribution is -2.23. The van der Waals surface area contributed by atoms with E-state index in [1.807, 2.05) is 43.5 Å². The molecule has 0 spiro atoms. The fourth-order valence-corrected chi connectivity index (χ4v) is 1.88. The lowest BCUT2D eigenvalue weighted by molar-refractivity contribution is 0.249. The molecule has 0 radical (unpaired) electrons. The Morgan fingerprint density at radius 3 is 2.89 bits per heavy atom. The Balaban J connectivity index is 1.92. The molecule has 1 aromatic carbocycles. The van der Waals surface area contributed by atoms with E-state index >= 15 is 0 Å². The van der Waals surface area contributed by atoms with E-state index in [0.717, 1.165) is 17.9 Å². The Bertz CT molecular complexity index is 425. The molecule has 1 aliphatic rings. The zero-order valence-electron chi connectivity index (χ0n) is 11.0. The third-order valence-corrected chi connectivity index (χ3v) is 3.22. The molecule has 96 valence electrons. The third kappa shape index (κ3) is 3.62. The van der Waals surface area contributed by atoms with Gasteiger partial charge in [-0.25, -0.2) is 0 Å². The van der Waals surface area contributed by atoms with Crippen LogP contribution in [0.25, 0.3) is 0 Å². The fraction of sp³-hybridized carbons (Fsp3) is 0.400. The van der Waals surface area contributed by atoms with E-state index in [-0.39, 0.29) is 0 Å². The predicted octanol–water partition coefficient (Wildman–Crippen LogP) is 3.20. The van der Waals surface area contributed by atoms with Crippen LogP contribution < -0.4 is 10.2 Å². The largest absolute Gasteiger partial charge is 0.493 e. The van der Waals surface area contributed by atoms with Crippen molar-refractivity contribution in [3.8, 4) is 5.75 Å². The summed E-state index contributed by atoms with van der Waals surface area (Å²) in [5.41, 5.74) is 4.12. The number of para-hydroxylation sites is 1. The first-order valence-corrected chi connectivity index (χ1v) is 6.39. The number of benzene rings is 1. The molecule has 0 saturated heterocycles. The van der Waals surface area contributed by atoms with Crippen LogP contribution in [-0.4, -0.2) is 12.8 Å². The van der Waals surface area contributed by atoms with E-state index in [1.165, 1.54) is 0 Å². The van der Waals surface area contributed by atoms with E-state index in [9.17, 15) is 0 Å². The zero-order valence-corrected chi connectivity index (χ0v) is 11.0. The molecule has 0 bridgehead atoms. The van der Waals surface area contributed by atoms with Gasteiger partial charge in [-0.3, -0.25) is 5.43 Å². The van der Waals surface area contributed by atoms with Crippen LogP contribution in [-0.2, 0) is 0 Å². The van der Waals surface area contributed by atoms with Gasteiger partial charge in [0, 0.05) is 17.8 Å². The first kappa shape index (κ1) is 12.7. The summed E-state index contributed by atoms with van der Waals surface area (Å²) < 4.78 is 5.80. The van der Waals surface area contributed by atoms with Gasteiger partial charge in [0.1, 0.15) is 5.75 Å². The molecule has 0 aliphatic carbocycles. The van der Waals surface area contributed by atoms with Gasteiger partial charge < -0.3 is 4.74 Å². The average Bonchev–Trinajstić information content (AvgIpc) is 2.39. The molecule has 3 heteroatoms. The summed E-state index contributed by atoms with van der Waals surface area (Å²) in [6.07, 6.45) is 5.20. The van der Waals surface area contributed by atoms with Gasteiger partial charge in [-0.15, -0.1) is 0 Å². The molecular formula is C15H20N2O. The Labute approximate surface area is 109 Å². The van der Waals surface area contributed by atoms with Crippen molar-refractivity contribution in [3.05, 3.63) is 42.1 Å². The zero-order chi connectivity index (χ0) is 12.8. The Kier molecular flexibility index (Phi) is 4.40. The van der Waals surface area contributed by atoms with E-state index < -0.39 is 0 Å². The number of hydrazone groups is 1. The summed E-state index contributed by atoms with van der Waals surface area (Å²) in [6.45, 7) is 4.94. The summed E-state index contributed by atoms with van der Waals surface area (Å²) in [7, 11) is 0. The second kappa shape index (κ2) is 6.24. The predicted molar refractivity (Wildman–Crippen MR) is 74.6 cm³/mol. The quantitative estimate of drug-likeness (QED) is 0.885. The molecular weight excluding hydrogens is 224 g/mol. The van der Waals surface area contributed by atoms with Crippen LogP contribution >= 0.6 is 0 Å². The molecule has 1 aromatic rings. The Morgan fingerprint density at radius 1 is 1.33 bits per heavy atom. The topological polar surface area (TPSA) is 33.6 Å². The molecule has 1 heterocycles. The summed E-state index contributed by atoms with van der Waals surface area (Å²) in [5.74, 6) is 1.79. The van der Waals surface area contributed by atoms with Gasteiger partial charge in [0.25, 0.3) is 0 Å². The third-order valence-electron chi connectivity index (χ3n) is 3.22. The second-order valence-electron chi connectivity index (χ2n) is 4.78. The maximum atomic E-state index is 5.80. The molecule has 2 rings (SSSR count). The molecule has 1 aliphatic heterocycles. The highest BCUT2D eigenvalue weighted by Crippen LogP contribution is 2.19. The molecule has 0 amide bonds. The summed E-state index contributed by atoms with van der Waals surface area (Å²) in [5, 5.41) is 4.23. The summed E-state index contributed by atoms with van der Waals surface area (Å²) in [6, 6.07) is 9.92.